The van der Waals surface area contributed by atoms with E-state index in [1.165, 1.54) is 0 Å². The van der Waals surface area contributed by atoms with Crippen molar-refractivity contribution >= 4 is 64.3 Å². The van der Waals surface area contributed by atoms with Crippen molar-refractivity contribution in [3.05, 3.63) is 39.4 Å². The molecule has 1 aromatic heterocycles. The minimum atomic E-state index is -4.65. The Labute approximate surface area is 152 Å². The number of aromatic nitrogens is 3. The second-order valence-electron chi connectivity index (χ2n) is 4.11. The predicted octanol–water partition coefficient (Wildman–Crippen LogP) is 5.23. The highest BCUT2D eigenvalue weighted by Crippen LogP contribution is 2.41. The summed E-state index contributed by atoms with van der Waals surface area (Å²) in [7, 11) is 0. The molecule has 0 fully saturated rings. The standard InChI is InChI=1S/C11H3Cl5F3N3O/c12-5-1-4(11(17,18)19)2-6(13)8(5)22-9(10(14,15)16)20-7(3-23)21-22/h1-3H. The molecule has 0 aliphatic heterocycles. The fourth-order valence-corrected chi connectivity index (χ4v) is 2.66. The molecule has 0 bridgehead atoms. The summed E-state index contributed by atoms with van der Waals surface area (Å²) in [5.41, 5.74) is -1.27. The second-order valence-corrected chi connectivity index (χ2v) is 7.20. The van der Waals surface area contributed by atoms with Crippen molar-refractivity contribution in [1.29, 1.82) is 0 Å². The van der Waals surface area contributed by atoms with Gasteiger partial charge in [0.15, 0.2) is 12.1 Å². The molecular weight excluding hydrogens is 424 g/mol. The number of halogens is 8. The van der Waals surface area contributed by atoms with Crippen LogP contribution in [0.15, 0.2) is 12.1 Å². The monoisotopic (exact) mass is 425 g/mol. The number of carbonyl (C=O) groups is 1. The van der Waals surface area contributed by atoms with E-state index in [9.17, 15) is 18.0 Å². The lowest BCUT2D eigenvalue weighted by Gasteiger charge is -2.16. The third-order valence-electron chi connectivity index (χ3n) is 2.54. The van der Waals surface area contributed by atoms with Gasteiger partial charge in [-0.05, 0) is 12.1 Å². The van der Waals surface area contributed by atoms with Crippen LogP contribution in [0, 0.1) is 0 Å². The lowest BCUT2D eigenvalue weighted by atomic mass is 10.2. The van der Waals surface area contributed by atoms with Gasteiger partial charge in [0.1, 0.15) is 5.69 Å². The first-order valence-corrected chi connectivity index (χ1v) is 7.40. The lowest BCUT2D eigenvalue weighted by molar-refractivity contribution is -0.137. The van der Waals surface area contributed by atoms with E-state index in [2.05, 4.69) is 10.1 Å². The summed E-state index contributed by atoms with van der Waals surface area (Å²) in [6, 6.07) is 1.26. The van der Waals surface area contributed by atoms with Crippen molar-refractivity contribution < 1.29 is 18.0 Å². The summed E-state index contributed by atoms with van der Waals surface area (Å²) in [4.78, 5) is 14.5. The Bertz CT molecular complexity index is 746. The van der Waals surface area contributed by atoms with Gasteiger partial charge in [-0.1, -0.05) is 58.0 Å². The van der Waals surface area contributed by atoms with Gasteiger partial charge in [-0.15, -0.1) is 5.10 Å². The molecule has 12 heteroatoms. The smallest absolute Gasteiger partial charge is 0.294 e. The summed E-state index contributed by atoms with van der Waals surface area (Å²) in [5.74, 6) is -0.716. The Kier molecular flexibility index (Phi) is 5.09. The number of carbonyl (C=O) groups excluding carboxylic acids is 1. The molecule has 0 radical (unpaired) electrons. The van der Waals surface area contributed by atoms with Crippen LogP contribution in [0.4, 0.5) is 13.2 Å². The molecule has 124 valence electrons. The Morgan fingerprint density at radius 2 is 1.61 bits per heavy atom. The van der Waals surface area contributed by atoms with Crippen LogP contribution >= 0.6 is 58.0 Å². The van der Waals surface area contributed by atoms with Crippen LogP contribution < -0.4 is 0 Å². The first-order valence-electron chi connectivity index (χ1n) is 5.51. The summed E-state index contributed by atoms with van der Waals surface area (Å²) in [6.45, 7) is 0. The van der Waals surface area contributed by atoms with E-state index in [4.69, 9.17) is 58.0 Å². The van der Waals surface area contributed by atoms with Crippen molar-refractivity contribution in [2.45, 2.75) is 9.97 Å². The zero-order chi connectivity index (χ0) is 17.6. The van der Waals surface area contributed by atoms with Gasteiger partial charge in [0.25, 0.3) is 0 Å². The maximum Gasteiger partial charge on any atom is 0.416 e. The van der Waals surface area contributed by atoms with Crippen LogP contribution in [0.1, 0.15) is 22.0 Å². The Morgan fingerprint density at radius 3 is 2.00 bits per heavy atom. The maximum atomic E-state index is 12.7. The van der Waals surface area contributed by atoms with Crippen molar-refractivity contribution in [2.75, 3.05) is 0 Å². The molecule has 4 nitrogen and oxygen atoms in total. The van der Waals surface area contributed by atoms with Crippen LogP contribution in [0.3, 0.4) is 0 Å². The number of hydrogen-bond acceptors (Lipinski definition) is 3. The van der Waals surface area contributed by atoms with Gasteiger partial charge in [-0.25, -0.2) is 9.67 Å². The normalized spacial score (nSPS) is 12.5. The molecule has 2 aromatic rings. The summed E-state index contributed by atoms with van der Waals surface area (Å²) >= 11 is 28.9. The molecule has 0 amide bonds. The highest BCUT2D eigenvalue weighted by Gasteiger charge is 2.35. The van der Waals surface area contributed by atoms with E-state index in [0.717, 1.165) is 4.68 Å². The Morgan fingerprint density at radius 1 is 1.09 bits per heavy atom. The number of hydrogen-bond donors (Lipinski definition) is 0. The first kappa shape index (κ1) is 18.6. The minimum Gasteiger partial charge on any atom is -0.294 e. The van der Waals surface area contributed by atoms with Gasteiger partial charge in [-0.2, -0.15) is 13.2 Å². The molecule has 23 heavy (non-hydrogen) atoms. The second kappa shape index (κ2) is 6.29. The number of aldehydes is 1. The van der Waals surface area contributed by atoms with Crippen LogP contribution in [0.5, 0.6) is 0 Å². The Hall–Kier alpha value is -0.730. The molecule has 0 aliphatic rings. The predicted molar refractivity (Wildman–Crippen MR) is 81.0 cm³/mol. The largest absolute Gasteiger partial charge is 0.416 e. The van der Waals surface area contributed by atoms with Gasteiger partial charge in [-0.3, -0.25) is 4.79 Å². The number of alkyl halides is 6. The van der Waals surface area contributed by atoms with E-state index >= 15 is 0 Å². The third kappa shape index (κ3) is 3.85. The third-order valence-corrected chi connectivity index (χ3v) is 3.62. The number of nitrogens with zero attached hydrogens (tertiary/aromatic N) is 3. The van der Waals surface area contributed by atoms with Gasteiger partial charge in [0.05, 0.1) is 15.6 Å². The van der Waals surface area contributed by atoms with E-state index in [0.29, 0.717) is 12.1 Å². The summed E-state index contributed by atoms with van der Waals surface area (Å²) in [6.07, 6.45) is -4.39. The zero-order valence-corrected chi connectivity index (χ0v) is 14.3. The maximum absolute atomic E-state index is 12.7. The van der Waals surface area contributed by atoms with Crippen molar-refractivity contribution in [3.8, 4) is 5.69 Å². The van der Waals surface area contributed by atoms with Crippen LogP contribution in [-0.2, 0) is 9.97 Å². The van der Waals surface area contributed by atoms with Crippen molar-refractivity contribution in [3.63, 3.8) is 0 Å². The zero-order valence-electron chi connectivity index (χ0n) is 10.5. The average molecular weight is 427 g/mol. The van der Waals surface area contributed by atoms with Crippen LogP contribution in [-0.4, -0.2) is 21.1 Å². The molecule has 2 rings (SSSR count). The van der Waals surface area contributed by atoms with Gasteiger partial charge in [0.2, 0.25) is 9.62 Å². The highest BCUT2D eigenvalue weighted by atomic mass is 35.6. The summed E-state index contributed by atoms with van der Waals surface area (Å²) < 4.78 is 36.9. The minimum absolute atomic E-state index is 0.205. The first-order chi connectivity index (χ1) is 10.4. The van der Waals surface area contributed by atoms with E-state index in [1.54, 1.807) is 0 Å². The molecule has 0 spiro atoms. The topological polar surface area (TPSA) is 47.8 Å². The molecular formula is C11H3Cl5F3N3O. The molecule has 1 heterocycles. The summed E-state index contributed by atoms with van der Waals surface area (Å²) in [5, 5.41) is 2.88. The molecule has 0 saturated heterocycles. The van der Waals surface area contributed by atoms with E-state index in [1.807, 2.05) is 0 Å². The molecule has 0 aliphatic carbocycles. The molecule has 0 saturated carbocycles. The van der Waals surface area contributed by atoms with Gasteiger partial charge >= 0.3 is 6.18 Å². The SMILES string of the molecule is O=Cc1nc(C(Cl)(Cl)Cl)n(-c2c(Cl)cc(C(F)(F)F)cc2Cl)n1. The van der Waals surface area contributed by atoms with E-state index < -0.39 is 25.6 Å². The molecule has 1 aromatic carbocycles. The molecule has 0 N–H and O–H groups in total. The quantitative estimate of drug-likeness (QED) is 0.487. The van der Waals surface area contributed by atoms with E-state index in [-0.39, 0.29) is 23.6 Å². The van der Waals surface area contributed by atoms with Crippen molar-refractivity contribution in [1.82, 2.24) is 14.8 Å². The number of benzene rings is 1. The van der Waals surface area contributed by atoms with Crippen LogP contribution in [0.2, 0.25) is 10.0 Å². The van der Waals surface area contributed by atoms with Crippen LogP contribution in [0.25, 0.3) is 5.69 Å². The Balaban J connectivity index is 2.73. The van der Waals surface area contributed by atoms with Gasteiger partial charge in [0, 0.05) is 0 Å². The lowest BCUT2D eigenvalue weighted by Crippen LogP contribution is -2.13. The fraction of sp³-hybridized carbons (Fsp3) is 0.182. The molecule has 0 atom stereocenters. The van der Waals surface area contributed by atoms with Gasteiger partial charge < -0.3 is 0 Å². The average Bonchev–Trinajstić information content (AvgIpc) is 2.80. The highest BCUT2D eigenvalue weighted by molar-refractivity contribution is 6.66. The fourth-order valence-electron chi connectivity index (χ4n) is 1.65. The number of rotatable bonds is 2. The molecule has 0 unspecified atom stereocenters. The van der Waals surface area contributed by atoms with Crippen molar-refractivity contribution in [2.24, 2.45) is 0 Å².